The number of phenols is 2. The molecule has 0 saturated carbocycles. The molecule has 0 aromatic heterocycles. The van der Waals surface area contributed by atoms with Crippen LogP contribution in [-0.2, 0) is 6.42 Å². The van der Waals surface area contributed by atoms with Crippen LogP contribution < -0.4 is 0 Å². The first-order chi connectivity index (χ1) is 5.65. The number of aliphatic hydroxyl groups is 1. The van der Waals surface area contributed by atoms with Gasteiger partial charge in [0.05, 0.1) is 5.02 Å². The van der Waals surface area contributed by atoms with Crippen molar-refractivity contribution < 1.29 is 15.3 Å². The van der Waals surface area contributed by atoms with Crippen LogP contribution in [0.15, 0.2) is 12.1 Å². The van der Waals surface area contributed by atoms with Crippen molar-refractivity contribution in [3.63, 3.8) is 0 Å². The molecule has 1 aromatic rings. The van der Waals surface area contributed by atoms with Crippen LogP contribution in [0.3, 0.4) is 0 Å². The summed E-state index contributed by atoms with van der Waals surface area (Å²) < 4.78 is 0. The summed E-state index contributed by atoms with van der Waals surface area (Å²) >= 11 is 5.56. The van der Waals surface area contributed by atoms with Crippen LogP contribution in [0, 0.1) is 0 Å². The summed E-state index contributed by atoms with van der Waals surface area (Å²) in [6, 6.07) is 2.62. The Morgan fingerprint density at radius 2 is 1.92 bits per heavy atom. The molecule has 3 nitrogen and oxygen atoms in total. The Morgan fingerprint density at radius 3 is 2.50 bits per heavy atom. The molecule has 0 aliphatic carbocycles. The molecule has 12 heavy (non-hydrogen) atoms. The molecule has 0 aliphatic rings. The van der Waals surface area contributed by atoms with Gasteiger partial charge in [0.25, 0.3) is 0 Å². The van der Waals surface area contributed by atoms with Gasteiger partial charge >= 0.3 is 0 Å². The van der Waals surface area contributed by atoms with E-state index in [1.807, 2.05) is 0 Å². The molecule has 0 heterocycles. The number of aliphatic hydroxyl groups excluding tert-OH is 1. The zero-order chi connectivity index (χ0) is 9.14. The number of halogens is 1. The molecule has 3 N–H and O–H groups in total. The highest BCUT2D eigenvalue weighted by molar-refractivity contribution is 6.32. The van der Waals surface area contributed by atoms with Gasteiger partial charge in [0.15, 0.2) is 0 Å². The number of hydrogen-bond acceptors (Lipinski definition) is 3. The van der Waals surface area contributed by atoms with Crippen molar-refractivity contribution in [1.29, 1.82) is 0 Å². The fourth-order valence-corrected chi connectivity index (χ4v) is 1.18. The van der Waals surface area contributed by atoms with Crippen molar-refractivity contribution in [1.82, 2.24) is 0 Å². The van der Waals surface area contributed by atoms with Crippen LogP contribution in [0.1, 0.15) is 5.56 Å². The van der Waals surface area contributed by atoms with Crippen molar-refractivity contribution >= 4 is 11.6 Å². The highest BCUT2D eigenvalue weighted by atomic mass is 35.5. The van der Waals surface area contributed by atoms with Gasteiger partial charge < -0.3 is 15.3 Å². The van der Waals surface area contributed by atoms with Gasteiger partial charge in [-0.1, -0.05) is 11.6 Å². The first-order valence-electron chi connectivity index (χ1n) is 3.46. The lowest BCUT2D eigenvalue weighted by molar-refractivity contribution is 0.297. The summed E-state index contributed by atoms with van der Waals surface area (Å²) in [6.45, 7) is -0.0899. The van der Waals surface area contributed by atoms with E-state index in [1.165, 1.54) is 12.1 Å². The zero-order valence-corrected chi connectivity index (χ0v) is 7.04. The molecule has 0 radical (unpaired) electrons. The lowest BCUT2D eigenvalue weighted by Gasteiger charge is -2.04. The number of aromatic hydroxyl groups is 2. The highest BCUT2D eigenvalue weighted by Crippen LogP contribution is 2.31. The van der Waals surface area contributed by atoms with E-state index in [1.54, 1.807) is 0 Å². The van der Waals surface area contributed by atoms with Crippen LogP contribution in [-0.4, -0.2) is 21.9 Å². The fourth-order valence-electron chi connectivity index (χ4n) is 0.951. The van der Waals surface area contributed by atoms with E-state index in [0.29, 0.717) is 5.56 Å². The molecule has 1 rings (SSSR count). The minimum Gasteiger partial charge on any atom is -0.508 e. The van der Waals surface area contributed by atoms with E-state index in [9.17, 15) is 5.11 Å². The van der Waals surface area contributed by atoms with Crippen LogP contribution in [0.5, 0.6) is 11.5 Å². The van der Waals surface area contributed by atoms with Crippen molar-refractivity contribution in [2.75, 3.05) is 6.61 Å². The molecule has 0 saturated heterocycles. The summed E-state index contributed by atoms with van der Waals surface area (Å²) in [4.78, 5) is 0. The third-order valence-electron chi connectivity index (χ3n) is 1.51. The molecule has 0 aliphatic heterocycles. The third kappa shape index (κ3) is 1.81. The van der Waals surface area contributed by atoms with Gasteiger partial charge in [-0.3, -0.25) is 0 Å². The summed E-state index contributed by atoms with van der Waals surface area (Å²) in [5.41, 5.74) is 0.447. The van der Waals surface area contributed by atoms with Gasteiger partial charge in [-0.25, -0.2) is 0 Å². The topological polar surface area (TPSA) is 60.7 Å². The van der Waals surface area contributed by atoms with Crippen LogP contribution >= 0.6 is 11.6 Å². The second-order valence-electron chi connectivity index (χ2n) is 2.41. The molecule has 0 spiro atoms. The number of benzene rings is 1. The standard InChI is InChI=1S/C8H9ClO3/c9-7-4-6(11)3-5(1-2-10)8(7)12/h3-4,10-12H,1-2H2. The average Bonchev–Trinajstić information content (AvgIpc) is 2.00. The van der Waals surface area contributed by atoms with Gasteiger partial charge in [-0.2, -0.15) is 0 Å². The van der Waals surface area contributed by atoms with E-state index in [0.717, 1.165) is 0 Å². The molecule has 0 unspecified atom stereocenters. The largest absolute Gasteiger partial charge is 0.508 e. The zero-order valence-electron chi connectivity index (χ0n) is 6.29. The summed E-state index contributed by atoms with van der Waals surface area (Å²) in [5.74, 6) is -0.0928. The molecule has 1 aromatic carbocycles. The molecule has 4 heteroatoms. The Morgan fingerprint density at radius 1 is 1.25 bits per heavy atom. The summed E-state index contributed by atoms with van der Waals surface area (Å²) in [7, 11) is 0. The van der Waals surface area contributed by atoms with E-state index in [2.05, 4.69) is 0 Å². The molecular weight excluding hydrogens is 180 g/mol. The van der Waals surface area contributed by atoms with Crippen molar-refractivity contribution in [3.05, 3.63) is 22.7 Å². The molecular formula is C8H9ClO3. The first kappa shape index (κ1) is 9.16. The van der Waals surface area contributed by atoms with Gasteiger partial charge in [0.1, 0.15) is 11.5 Å². The molecule has 0 atom stereocenters. The lowest BCUT2D eigenvalue weighted by atomic mass is 10.1. The molecule has 0 bridgehead atoms. The van der Waals surface area contributed by atoms with E-state index in [-0.39, 0.29) is 29.5 Å². The SMILES string of the molecule is OCCc1cc(O)cc(Cl)c1O. The number of phenolic OH excluding ortho intramolecular Hbond substituents is 2. The predicted molar refractivity (Wildman–Crippen MR) is 45.6 cm³/mol. The highest BCUT2D eigenvalue weighted by Gasteiger charge is 2.06. The van der Waals surface area contributed by atoms with Crippen molar-refractivity contribution in [3.8, 4) is 11.5 Å². The summed E-state index contributed by atoms with van der Waals surface area (Å²) in [5, 5.41) is 27.1. The first-order valence-corrected chi connectivity index (χ1v) is 3.84. The second kappa shape index (κ2) is 3.65. The minimum atomic E-state index is -0.0899. The van der Waals surface area contributed by atoms with Crippen LogP contribution in [0.2, 0.25) is 5.02 Å². The third-order valence-corrected chi connectivity index (χ3v) is 1.80. The van der Waals surface area contributed by atoms with E-state index < -0.39 is 0 Å². The quantitative estimate of drug-likeness (QED) is 0.613. The maximum absolute atomic E-state index is 9.30. The minimum absolute atomic E-state index is 0.0127. The van der Waals surface area contributed by atoms with E-state index >= 15 is 0 Å². The monoisotopic (exact) mass is 188 g/mol. The Kier molecular flexibility index (Phi) is 2.78. The number of rotatable bonds is 2. The number of hydrogen-bond donors (Lipinski definition) is 3. The second-order valence-corrected chi connectivity index (χ2v) is 2.82. The van der Waals surface area contributed by atoms with E-state index in [4.69, 9.17) is 21.8 Å². The molecule has 0 fully saturated rings. The van der Waals surface area contributed by atoms with Gasteiger partial charge in [0.2, 0.25) is 0 Å². The van der Waals surface area contributed by atoms with Crippen molar-refractivity contribution in [2.24, 2.45) is 0 Å². The average molecular weight is 189 g/mol. The fraction of sp³-hybridized carbons (Fsp3) is 0.250. The smallest absolute Gasteiger partial charge is 0.137 e. The summed E-state index contributed by atoms with van der Waals surface area (Å²) in [6.07, 6.45) is 0.278. The van der Waals surface area contributed by atoms with Gasteiger partial charge in [-0.05, 0) is 12.5 Å². The normalized spacial score (nSPS) is 10.2. The Labute approximate surface area is 74.8 Å². The van der Waals surface area contributed by atoms with Gasteiger partial charge in [-0.15, -0.1) is 0 Å². The van der Waals surface area contributed by atoms with Gasteiger partial charge in [0, 0.05) is 18.2 Å². The Balaban J connectivity index is 3.09. The lowest BCUT2D eigenvalue weighted by Crippen LogP contribution is -1.91. The molecule has 66 valence electrons. The molecule has 0 amide bonds. The van der Waals surface area contributed by atoms with Crippen LogP contribution in [0.25, 0.3) is 0 Å². The Bertz CT molecular complexity index is 286. The maximum atomic E-state index is 9.30. The van der Waals surface area contributed by atoms with Crippen molar-refractivity contribution in [2.45, 2.75) is 6.42 Å². The Hall–Kier alpha value is -0.930. The van der Waals surface area contributed by atoms with Crippen LogP contribution in [0.4, 0.5) is 0 Å². The predicted octanol–water partition coefficient (Wildman–Crippen LogP) is 1.29. The maximum Gasteiger partial charge on any atom is 0.137 e.